The van der Waals surface area contributed by atoms with Crippen LogP contribution in [-0.4, -0.2) is 57.7 Å². The minimum Gasteiger partial charge on any atom is -0.375 e. The fourth-order valence-corrected chi connectivity index (χ4v) is 5.12. The Kier molecular flexibility index (Phi) is 6.81. The lowest BCUT2D eigenvalue weighted by atomic mass is 9.90. The van der Waals surface area contributed by atoms with Crippen LogP contribution in [0, 0.1) is 12.7 Å². The average Bonchev–Trinajstić information content (AvgIpc) is 3.48. The lowest BCUT2D eigenvalue weighted by Crippen LogP contribution is -2.48. The van der Waals surface area contributed by atoms with Gasteiger partial charge in [-0.2, -0.15) is 13.9 Å². The van der Waals surface area contributed by atoms with Gasteiger partial charge < -0.3 is 14.8 Å². The van der Waals surface area contributed by atoms with E-state index >= 15 is 13.2 Å². The molecular formula is C26H29ClF3N5O2. The van der Waals surface area contributed by atoms with Crippen LogP contribution in [0.15, 0.2) is 30.5 Å². The third-order valence-electron chi connectivity index (χ3n) is 7.36. The third kappa shape index (κ3) is 4.76. The number of nitrogens with zero attached hydrogens (tertiary/aromatic N) is 4. The minimum absolute atomic E-state index is 0.0307. The summed E-state index contributed by atoms with van der Waals surface area (Å²) in [5.41, 5.74) is -1.95. The lowest BCUT2D eigenvalue weighted by Gasteiger charge is -2.37. The summed E-state index contributed by atoms with van der Waals surface area (Å²) < 4.78 is 58.5. The molecular weight excluding hydrogens is 507 g/mol. The molecule has 7 nitrogen and oxygen atoms in total. The summed E-state index contributed by atoms with van der Waals surface area (Å²) in [6, 6.07) is 5.10. The fourth-order valence-electron chi connectivity index (χ4n) is 4.96. The molecule has 4 heterocycles. The summed E-state index contributed by atoms with van der Waals surface area (Å²) in [5, 5.41) is 13.0. The Morgan fingerprint density at radius 1 is 1.27 bits per heavy atom. The number of anilines is 1. The van der Waals surface area contributed by atoms with Gasteiger partial charge in [0, 0.05) is 35.1 Å². The van der Waals surface area contributed by atoms with Crippen molar-refractivity contribution in [3.8, 4) is 0 Å². The molecule has 11 heteroatoms. The van der Waals surface area contributed by atoms with Crippen molar-refractivity contribution in [3.05, 3.63) is 58.3 Å². The number of ether oxygens (including phenoxy) is 2. The van der Waals surface area contributed by atoms with Crippen LogP contribution < -0.4 is 5.32 Å². The molecule has 2 aliphatic heterocycles. The van der Waals surface area contributed by atoms with Crippen LogP contribution in [0.3, 0.4) is 0 Å². The molecule has 2 bridgehead atoms. The van der Waals surface area contributed by atoms with Gasteiger partial charge in [0.25, 0.3) is 0 Å². The summed E-state index contributed by atoms with van der Waals surface area (Å²) in [7, 11) is 0. The van der Waals surface area contributed by atoms with E-state index < -0.39 is 28.9 Å². The van der Waals surface area contributed by atoms with E-state index in [2.05, 4.69) is 20.5 Å². The van der Waals surface area contributed by atoms with Crippen LogP contribution in [-0.2, 0) is 15.4 Å². The molecule has 1 aromatic carbocycles. The maximum atomic E-state index is 15.8. The average molecular weight is 536 g/mol. The molecule has 0 amide bonds. The first-order chi connectivity index (χ1) is 17.5. The molecule has 2 saturated heterocycles. The van der Waals surface area contributed by atoms with Crippen LogP contribution >= 0.6 is 11.6 Å². The van der Waals surface area contributed by atoms with Gasteiger partial charge in [0.15, 0.2) is 5.82 Å². The normalized spacial score (nSPS) is 21.1. The highest BCUT2D eigenvalue weighted by atomic mass is 35.5. The number of fused-ring (bicyclic) bond motifs is 3. The molecule has 37 heavy (non-hydrogen) atoms. The number of rotatable bonds is 8. The van der Waals surface area contributed by atoms with Gasteiger partial charge in [0.2, 0.25) is 0 Å². The second kappa shape index (κ2) is 9.65. The van der Waals surface area contributed by atoms with Crippen molar-refractivity contribution in [2.75, 3.05) is 25.2 Å². The van der Waals surface area contributed by atoms with E-state index in [1.165, 1.54) is 26.0 Å². The standard InChI is InChI=1S/C26H29ClF3N5O2/c1-14(32-24-19-9-22(27)31-10-20(19)15(2)33-34-24)18-6-5-7-21(23(18)28)26(29,30)25(3,4)37-13-35-11-17-8-16(35)12-36-17/h5-7,9-10,14,16-17H,8,11-13H2,1-4H3,(H,32,34)/t14-,16-,17-/m1/s1. The third-order valence-corrected chi connectivity index (χ3v) is 7.57. The van der Waals surface area contributed by atoms with Gasteiger partial charge in [-0.3, -0.25) is 4.90 Å². The minimum atomic E-state index is -3.60. The van der Waals surface area contributed by atoms with Crippen LogP contribution in [0.2, 0.25) is 5.15 Å². The predicted octanol–water partition coefficient (Wildman–Crippen LogP) is 5.62. The van der Waals surface area contributed by atoms with Crippen molar-refractivity contribution >= 4 is 28.2 Å². The molecule has 3 aromatic rings. The van der Waals surface area contributed by atoms with Gasteiger partial charge in [0.05, 0.1) is 30.0 Å². The topological polar surface area (TPSA) is 72.4 Å². The Morgan fingerprint density at radius 3 is 2.76 bits per heavy atom. The molecule has 0 unspecified atom stereocenters. The quantitative estimate of drug-likeness (QED) is 0.375. The van der Waals surface area contributed by atoms with E-state index in [1.807, 2.05) is 4.90 Å². The van der Waals surface area contributed by atoms with Gasteiger partial charge >= 0.3 is 5.92 Å². The monoisotopic (exact) mass is 535 g/mol. The highest BCUT2D eigenvalue weighted by Crippen LogP contribution is 2.44. The first-order valence-corrected chi connectivity index (χ1v) is 12.6. The van der Waals surface area contributed by atoms with Crippen molar-refractivity contribution in [1.29, 1.82) is 0 Å². The SMILES string of the molecule is Cc1nnc(N[C@H](C)c2cccc(C(F)(F)C(C)(C)OCN3C[C@H]4C[C@@H]3CO4)c2F)c2cc(Cl)ncc12. The predicted molar refractivity (Wildman–Crippen MR) is 134 cm³/mol. The molecule has 0 aliphatic carbocycles. The summed E-state index contributed by atoms with van der Waals surface area (Å²) >= 11 is 6.07. The number of nitrogens with one attached hydrogen (secondary N) is 1. The van der Waals surface area contributed by atoms with Crippen LogP contribution in [0.4, 0.5) is 19.0 Å². The van der Waals surface area contributed by atoms with E-state index in [1.54, 1.807) is 26.1 Å². The van der Waals surface area contributed by atoms with E-state index in [0.717, 1.165) is 17.9 Å². The van der Waals surface area contributed by atoms with Crippen molar-refractivity contribution in [2.24, 2.45) is 0 Å². The van der Waals surface area contributed by atoms with Crippen molar-refractivity contribution < 1.29 is 22.6 Å². The van der Waals surface area contributed by atoms with E-state index in [9.17, 15) is 0 Å². The second-order valence-electron chi connectivity index (χ2n) is 10.2. The number of benzene rings is 1. The van der Waals surface area contributed by atoms with Crippen molar-refractivity contribution in [2.45, 2.75) is 63.8 Å². The second-order valence-corrected chi connectivity index (χ2v) is 10.6. The highest BCUT2D eigenvalue weighted by Gasteiger charge is 2.52. The van der Waals surface area contributed by atoms with Gasteiger partial charge in [-0.05, 0) is 46.2 Å². The Morgan fingerprint density at radius 2 is 2.05 bits per heavy atom. The molecule has 2 fully saturated rings. The highest BCUT2D eigenvalue weighted by molar-refractivity contribution is 6.30. The molecule has 2 aliphatic rings. The van der Waals surface area contributed by atoms with E-state index in [-0.39, 0.29) is 29.6 Å². The molecule has 5 rings (SSSR count). The molecule has 198 valence electrons. The zero-order valence-electron chi connectivity index (χ0n) is 21.1. The maximum absolute atomic E-state index is 15.8. The fraction of sp³-hybridized carbons (Fsp3) is 0.500. The van der Waals surface area contributed by atoms with E-state index in [4.69, 9.17) is 21.1 Å². The molecule has 0 spiro atoms. The van der Waals surface area contributed by atoms with Crippen molar-refractivity contribution in [3.63, 3.8) is 0 Å². The van der Waals surface area contributed by atoms with Crippen molar-refractivity contribution in [1.82, 2.24) is 20.1 Å². The summed E-state index contributed by atoms with van der Waals surface area (Å²) in [5.74, 6) is -4.25. The number of hydrogen-bond acceptors (Lipinski definition) is 7. The first kappa shape index (κ1) is 26.1. The van der Waals surface area contributed by atoms with Gasteiger partial charge in [-0.15, -0.1) is 5.10 Å². The molecule has 2 aromatic heterocycles. The summed E-state index contributed by atoms with van der Waals surface area (Å²) in [4.78, 5) is 6.08. The molecule has 0 saturated carbocycles. The Hall–Kier alpha value is -2.53. The Bertz CT molecular complexity index is 1320. The number of alkyl halides is 2. The maximum Gasteiger partial charge on any atom is 0.303 e. The Balaban J connectivity index is 1.38. The van der Waals surface area contributed by atoms with E-state index in [0.29, 0.717) is 30.0 Å². The van der Waals surface area contributed by atoms with Crippen LogP contribution in [0.5, 0.6) is 0 Å². The molecule has 3 atom stereocenters. The smallest absolute Gasteiger partial charge is 0.303 e. The van der Waals surface area contributed by atoms with Gasteiger partial charge in [-0.1, -0.05) is 23.7 Å². The molecule has 0 radical (unpaired) electrons. The van der Waals surface area contributed by atoms with Crippen LogP contribution in [0.25, 0.3) is 10.8 Å². The number of pyridine rings is 1. The number of halogens is 4. The number of likely N-dealkylation sites (tertiary alicyclic amines) is 1. The number of hydrogen-bond donors (Lipinski definition) is 1. The lowest BCUT2D eigenvalue weighted by molar-refractivity contribution is -0.219. The summed E-state index contributed by atoms with van der Waals surface area (Å²) in [6.07, 6.45) is 2.59. The zero-order valence-corrected chi connectivity index (χ0v) is 21.8. The number of morpholine rings is 1. The Labute approximate surface area is 218 Å². The number of aromatic nitrogens is 3. The zero-order chi connectivity index (χ0) is 26.5. The van der Waals surface area contributed by atoms with Crippen LogP contribution in [0.1, 0.15) is 50.1 Å². The first-order valence-electron chi connectivity index (χ1n) is 12.2. The molecule has 1 N–H and O–H groups in total. The summed E-state index contributed by atoms with van der Waals surface area (Å²) in [6.45, 7) is 7.29. The van der Waals surface area contributed by atoms with Gasteiger partial charge in [-0.25, -0.2) is 9.37 Å². The number of aryl methyl sites for hydroxylation is 1. The largest absolute Gasteiger partial charge is 0.375 e. The van der Waals surface area contributed by atoms with Gasteiger partial charge in [0.1, 0.15) is 23.3 Å².